The maximum Gasteiger partial charge on any atom is 0.217 e. The second-order valence-electron chi connectivity index (χ2n) is 7.07. The van der Waals surface area contributed by atoms with Crippen LogP contribution in [0.4, 0.5) is 0 Å². The number of hydrogen-bond acceptors (Lipinski definition) is 6. The molecule has 0 aliphatic carbocycles. The van der Waals surface area contributed by atoms with Crippen LogP contribution in [-0.4, -0.2) is 11.7 Å². The van der Waals surface area contributed by atoms with Gasteiger partial charge in [-0.2, -0.15) is 15.8 Å². The van der Waals surface area contributed by atoms with Gasteiger partial charge in [-0.25, -0.2) is 0 Å². The van der Waals surface area contributed by atoms with Crippen LogP contribution in [0, 0.1) is 56.2 Å². The van der Waals surface area contributed by atoms with Crippen molar-refractivity contribution in [2.75, 3.05) is 0 Å². The Bertz CT molecular complexity index is 946. The smallest absolute Gasteiger partial charge is 0.217 e. The zero-order valence-corrected chi connectivity index (χ0v) is 16.9. The molecular formula is C20H18Cl2N4O2. The fourth-order valence-electron chi connectivity index (χ4n) is 4.66. The summed E-state index contributed by atoms with van der Waals surface area (Å²) in [7, 11) is 0. The Balaban J connectivity index is 2.37. The molecule has 1 N–H and O–H groups in total. The number of ether oxygens (including phenoxy) is 2. The van der Waals surface area contributed by atoms with Crippen molar-refractivity contribution in [2.24, 2.45) is 16.7 Å². The largest absolute Gasteiger partial charge is 0.447 e. The minimum absolute atomic E-state index is 0.216. The number of rotatable bonds is 4. The van der Waals surface area contributed by atoms with Crippen LogP contribution >= 0.6 is 23.2 Å². The van der Waals surface area contributed by atoms with Crippen LogP contribution < -0.4 is 0 Å². The van der Waals surface area contributed by atoms with Crippen LogP contribution in [-0.2, 0) is 9.47 Å². The van der Waals surface area contributed by atoms with Crippen molar-refractivity contribution >= 4 is 29.1 Å². The highest BCUT2D eigenvalue weighted by Crippen LogP contribution is 2.68. The Morgan fingerprint density at radius 2 is 1.82 bits per heavy atom. The van der Waals surface area contributed by atoms with E-state index in [1.807, 2.05) is 26.0 Å². The zero-order valence-electron chi connectivity index (χ0n) is 15.4. The average Bonchev–Trinajstić information content (AvgIpc) is 2.86. The molecule has 4 atom stereocenters. The lowest BCUT2D eigenvalue weighted by Crippen LogP contribution is -2.59. The quantitative estimate of drug-likeness (QED) is 0.729. The lowest BCUT2D eigenvalue weighted by Gasteiger charge is -2.49. The first-order valence-electron chi connectivity index (χ1n) is 8.97. The average molecular weight is 417 g/mol. The molecule has 8 heteroatoms. The third-order valence-corrected chi connectivity index (χ3v) is 6.36. The zero-order chi connectivity index (χ0) is 20.7. The number of halogens is 2. The Morgan fingerprint density at radius 3 is 2.32 bits per heavy atom. The summed E-state index contributed by atoms with van der Waals surface area (Å²) in [5.74, 6) is -2.31. The van der Waals surface area contributed by atoms with Gasteiger partial charge in [0.15, 0.2) is 5.41 Å². The van der Waals surface area contributed by atoms with Gasteiger partial charge in [0.1, 0.15) is 6.10 Å². The molecule has 1 aromatic carbocycles. The normalized spacial score (nSPS) is 32.7. The molecule has 2 aliphatic heterocycles. The van der Waals surface area contributed by atoms with Crippen molar-refractivity contribution in [1.29, 1.82) is 21.2 Å². The predicted octanol–water partition coefficient (Wildman–Crippen LogP) is 5.14. The Morgan fingerprint density at radius 1 is 1.14 bits per heavy atom. The van der Waals surface area contributed by atoms with E-state index in [2.05, 4.69) is 6.07 Å². The first-order valence-corrected chi connectivity index (χ1v) is 9.72. The molecule has 2 bridgehead atoms. The van der Waals surface area contributed by atoms with E-state index in [1.165, 1.54) is 6.07 Å². The van der Waals surface area contributed by atoms with E-state index in [0.29, 0.717) is 29.8 Å². The summed E-state index contributed by atoms with van der Waals surface area (Å²) in [6.07, 6.45) is 0.302. The molecule has 28 heavy (non-hydrogen) atoms. The molecule has 3 rings (SSSR count). The van der Waals surface area contributed by atoms with E-state index >= 15 is 0 Å². The minimum atomic E-state index is -2.01. The Hall–Kier alpha value is -2.30. The maximum absolute atomic E-state index is 10.2. The van der Waals surface area contributed by atoms with Crippen LogP contribution in [0.3, 0.4) is 0 Å². The van der Waals surface area contributed by atoms with Crippen molar-refractivity contribution in [1.82, 2.24) is 0 Å². The third kappa shape index (κ3) is 2.31. The molecule has 4 unspecified atom stereocenters. The van der Waals surface area contributed by atoms with Gasteiger partial charge in [-0.3, -0.25) is 5.41 Å². The van der Waals surface area contributed by atoms with Crippen molar-refractivity contribution in [2.45, 2.75) is 45.0 Å². The summed E-state index contributed by atoms with van der Waals surface area (Å²) in [6.45, 7) is 3.77. The summed E-state index contributed by atoms with van der Waals surface area (Å²) in [5, 5.41) is 39.6. The predicted molar refractivity (Wildman–Crippen MR) is 102 cm³/mol. The lowest BCUT2D eigenvalue weighted by atomic mass is 9.52. The summed E-state index contributed by atoms with van der Waals surface area (Å²) >= 11 is 12.4. The molecule has 1 aromatic rings. The Kier molecular flexibility index (Phi) is 5.07. The van der Waals surface area contributed by atoms with Gasteiger partial charge in [0.05, 0.1) is 24.1 Å². The van der Waals surface area contributed by atoms with Crippen LogP contribution in [0.5, 0.6) is 0 Å². The molecular weight excluding hydrogens is 399 g/mol. The van der Waals surface area contributed by atoms with Crippen molar-refractivity contribution < 1.29 is 9.47 Å². The summed E-state index contributed by atoms with van der Waals surface area (Å²) in [6, 6.07) is 10.8. The molecule has 0 aromatic heterocycles. The first-order chi connectivity index (χ1) is 13.3. The molecule has 0 radical (unpaired) electrons. The number of nitrogens with zero attached hydrogens (tertiary/aromatic N) is 3. The highest BCUT2D eigenvalue weighted by molar-refractivity contribution is 6.35. The van der Waals surface area contributed by atoms with E-state index in [-0.39, 0.29) is 5.02 Å². The third-order valence-electron chi connectivity index (χ3n) is 5.80. The fourth-order valence-corrected chi connectivity index (χ4v) is 5.17. The van der Waals surface area contributed by atoms with Gasteiger partial charge in [0, 0.05) is 22.0 Å². The van der Waals surface area contributed by atoms with E-state index in [0.717, 1.165) is 0 Å². The highest BCUT2D eigenvalue weighted by atomic mass is 35.5. The van der Waals surface area contributed by atoms with E-state index < -0.39 is 34.5 Å². The van der Waals surface area contributed by atoms with Crippen LogP contribution in [0.15, 0.2) is 18.2 Å². The lowest BCUT2D eigenvalue weighted by molar-refractivity contribution is -0.286. The molecule has 0 spiro atoms. The molecule has 2 heterocycles. The summed E-state index contributed by atoms with van der Waals surface area (Å²) in [4.78, 5) is 0. The molecule has 0 saturated carbocycles. The molecule has 144 valence electrons. The summed E-state index contributed by atoms with van der Waals surface area (Å²) in [5.41, 5.74) is -3.42. The van der Waals surface area contributed by atoms with Gasteiger partial charge in [0.2, 0.25) is 17.1 Å². The van der Waals surface area contributed by atoms with Crippen LogP contribution in [0.2, 0.25) is 10.0 Å². The molecule has 0 amide bonds. The Labute approximate surface area is 173 Å². The van der Waals surface area contributed by atoms with Crippen molar-refractivity contribution in [3.63, 3.8) is 0 Å². The number of hydrogen-bond donors (Lipinski definition) is 1. The minimum Gasteiger partial charge on any atom is -0.447 e. The van der Waals surface area contributed by atoms with E-state index in [4.69, 9.17) is 38.1 Å². The second kappa shape index (κ2) is 6.94. The van der Waals surface area contributed by atoms with Crippen molar-refractivity contribution in [3.05, 3.63) is 33.8 Å². The second-order valence-corrected chi connectivity index (χ2v) is 7.91. The fraction of sp³-hybridized carbons (Fsp3) is 0.500. The van der Waals surface area contributed by atoms with E-state index in [1.54, 1.807) is 12.1 Å². The summed E-state index contributed by atoms with van der Waals surface area (Å²) < 4.78 is 12.2. The topological polar surface area (TPSA) is 114 Å². The van der Waals surface area contributed by atoms with Crippen LogP contribution in [0.1, 0.15) is 44.8 Å². The number of nitrogens with one attached hydrogen (secondary N) is 1. The SMILES string of the molecule is CCCC12OC(=N)C(C#N)(C1CC)C(C#N)(C#N)C(c1ccc(Cl)cc1Cl)O2. The standard InChI is InChI=1S/C20H18Cl2N4O2/c1-3-7-20-15(4-2)19(11-25,17(26)28-20)18(9-23,10-24)16(27-20)13-6-5-12(21)8-14(13)22/h5-6,8,15-16,26H,3-4,7H2,1-2H3. The maximum atomic E-state index is 10.2. The number of benzene rings is 1. The monoisotopic (exact) mass is 416 g/mol. The van der Waals surface area contributed by atoms with Gasteiger partial charge in [-0.05, 0) is 25.0 Å². The molecule has 2 saturated heterocycles. The van der Waals surface area contributed by atoms with E-state index in [9.17, 15) is 15.8 Å². The van der Waals surface area contributed by atoms with Gasteiger partial charge in [-0.15, -0.1) is 0 Å². The molecule has 2 fully saturated rings. The molecule has 6 nitrogen and oxygen atoms in total. The first kappa shape index (κ1) is 20.4. The highest BCUT2D eigenvalue weighted by Gasteiger charge is 2.79. The van der Waals surface area contributed by atoms with Crippen LogP contribution in [0.25, 0.3) is 0 Å². The number of nitriles is 3. The van der Waals surface area contributed by atoms with Gasteiger partial charge in [0.25, 0.3) is 0 Å². The van der Waals surface area contributed by atoms with Gasteiger partial charge >= 0.3 is 0 Å². The number of fused-ring (bicyclic) bond motifs is 2. The van der Waals surface area contributed by atoms with Gasteiger partial charge < -0.3 is 9.47 Å². The molecule has 2 aliphatic rings. The van der Waals surface area contributed by atoms with Gasteiger partial charge in [-0.1, -0.05) is 43.1 Å². The van der Waals surface area contributed by atoms with Crippen molar-refractivity contribution in [3.8, 4) is 18.2 Å².